The van der Waals surface area contributed by atoms with Crippen LogP contribution in [-0.2, 0) is 16.6 Å². The number of rotatable bonds is 6. The van der Waals surface area contributed by atoms with Gasteiger partial charge in [0, 0.05) is 32.7 Å². The highest BCUT2D eigenvalue weighted by Crippen LogP contribution is 2.19. The minimum absolute atomic E-state index is 0.0395. The summed E-state index contributed by atoms with van der Waals surface area (Å²) >= 11 is 0. The van der Waals surface area contributed by atoms with Gasteiger partial charge in [-0.25, -0.2) is 18.0 Å². The van der Waals surface area contributed by atoms with Gasteiger partial charge >= 0.3 is 11.9 Å². The third-order valence-electron chi connectivity index (χ3n) is 4.68. The number of piperazine rings is 1. The molecule has 0 unspecified atom stereocenters. The van der Waals surface area contributed by atoms with Crippen LogP contribution in [0, 0.1) is 0 Å². The molecule has 1 saturated heterocycles. The maximum atomic E-state index is 12.7. The van der Waals surface area contributed by atoms with Crippen LogP contribution >= 0.6 is 0 Å². The van der Waals surface area contributed by atoms with Crippen molar-refractivity contribution in [3.05, 3.63) is 65.2 Å². The van der Waals surface area contributed by atoms with Gasteiger partial charge in [-0.15, -0.1) is 0 Å². The Morgan fingerprint density at radius 2 is 1.25 bits per heavy atom. The van der Waals surface area contributed by atoms with Crippen molar-refractivity contribution in [2.24, 2.45) is 0 Å². The van der Waals surface area contributed by atoms with Crippen molar-refractivity contribution in [3.8, 4) is 0 Å². The topological polar surface area (TPSA) is 115 Å². The largest absolute Gasteiger partial charge is 0.478 e. The number of benzene rings is 2. The van der Waals surface area contributed by atoms with Crippen molar-refractivity contribution < 1.29 is 28.2 Å². The molecule has 0 saturated carbocycles. The van der Waals surface area contributed by atoms with Crippen molar-refractivity contribution >= 4 is 22.0 Å². The first-order valence-electron chi connectivity index (χ1n) is 8.65. The maximum absolute atomic E-state index is 12.7. The number of nitrogens with zero attached hydrogens (tertiary/aromatic N) is 2. The molecule has 1 aliphatic heterocycles. The quantitative estimate of drug-likeness (QED) is 0.751. The molecule has 3 rings (SSSR count). The van der Waals surface area contributed by atoms with Gasteiger partial charge in [-0.1, -0.05) is 12.1 Å². The lowest BCUT2D eigenvalue weighted by Crippen LogP contribution is -2.48. The lowest BCUT2D eigenvalue weighted by Gasteiger charge is -2.34. The number of sulfonamides is 1. The molecule has 0 atom stereocenters. The minimum Gasteiger partial charge on any atom is -0.478 e. The fourth-order valence-electron chi connectivity index (χ4n) is 3.06. The van der Waals surface area contributed by atoms with E-state index in [2.05, 4.69) is 4.90 Å². The molecular formula is C19H20N2O6S. The Balaban J connectivity index is 1.61. The van der Waals surface area contributed by atoms with Gasteiger partial charge in [-0.3, -0.25) is 4.90 Å². The van der Waals surface area contributed by atoms with Crippen molar-refractivity contribution in [2.45, 2.75) is 11.4 Å². The van der Waals surface area contributed by atoms with E-state index >= 15 is 0 Å². The summed E-state index contributed by atoms with van der Waals surface area (Å²) in [6.45, 7) is 2.37. The predicted octanol–water partition coefficient (Wildman–Crippen LogP) is 1.59. The van der Waals surface area contributed by atoms with Gasteiger partial charge < -0.3 is 10.2 Å². The predicted molar refractivity (Wildman–Crippen MR) is 101 cm³/mol. The number of hydrogen-bond acceptors (Lipinski definition) is 5. The number of hydrogen-bond donors (Lipinski definition) is 2. The monoisotopic (exact) mass is 404 g/mol. The molecule has 1 heterocycles. The van der Waals surface area contributed by atoms with Crippen molar-refractivity contribution in [2.75, 3.05) is 26.2 Å². The molecule has 1 fully saturated rings. The molecule has 0 spiro atoms. The van der Waals surface area contributed by atoms with Crippen molar-refractivity contribution in [1.29, 1.82) is 0 Å². The van der Waals surface area contributed by atoms with E-state index in [0.29, 0.717) is 32.7 Å². The summed E-state index contributed by atoms with van der Waals surface area (Å²) in [5.41, 5.74) is 1.23. The summed E-state index contributed by atoms with van der Waals surface area (Å²) in [7, 11) is -3.67. The first-order valence-corrected chi connectivity index (χ1v) is 10.1. The summed E-state index contributed by atoms with van der Waals surface area (Å²) in [6, 6.07) is 11.8. The van der Waals surface area contributed by atoms with E-state index in [4.69, 9.17) is 10.2 Å². The van der Waals surface area contributed by atoms with Crippen LogP contribution in [0.1, 0.15) is 26.3 Å². The van der Waals surface area contributed by atoms with Crippen molar-refractivity contribution in [3.63, 3.8) is 0 Å². The smallest absolute Gasteiger partial charge is 0.335 e. The zero-order chi connectivity index (χ0) is 20.3. The van der Waals surface area contributed by atoms with E-state index in [1.807, 2.05) is 0 Å². The van der Waals surface area contributed by atoms with Gasteiger partial charge in [0.25, 0.3) is 0 Å². The summed E-state index contributed by atoms with van der Waals surface area (Å²) in [4.78, 5) is 24.0. The average molecular weight is 404 g/mol. The van der Waals surface area contributed by atoms with E-state index in [0.717, 1.165) is 5.56 Å². The van der Waals surface area contributed by atoms with E-state index < -0.39 is 22.0 Å². The van der Waals surface area contributed by atoms with Crippen LogP contribution in [0.25, 0.3) is 0 Å². The Kier molecular flexibility index (Phi) is 5.78. The van der Waals surface area contributed by atoms with Crippen LogP contribution < -0.4 is 0 Å². The Hall–Kier alpha value is -2.75. The number of carbonyl (C=O) groups is 2. The number of aromatic carboxylic acids is 2. The lowest BCUT2D eigenvalue weighted by atomic mass is 10.1. The molecule has 0 amide bonds. The fourth-order valence-corrected chi connectivity index (χ4v) is 4.48. The van der Waals surface area contributed by atoms with Gasteiger partial charge in [0.05, 0.1) is 16.0 Å². The first kappa shape index (κ1) is 20.0. The van der Waals surface area contributed by atoms with Crippen LogP contribution in [0.15, 0.2) is 53.4 Å². The zero-order valence-electron chi connectivity index (χ0n) is 15.0. The molecule has 0 aliphatic carbocycles. The van der Waals surface area contributed by atoms with Gasteiger partial charge in [-0.05, 0) is 42.0 Å². The molecule has 2 aromatic rings. The zero-order valence-corrected chi connectivity index (χ0v) is 15.8. The minimum atomic E-state index is -3.67. The van der Waals surface area contributed by atoms with Crippen LogP contribution in [0.5, 0.6) is 0 Å². The highest BCUT2D eigenvalue weighted by Gasteiger charge is 2.28. The molecule has 8 nitrogen and oxygen atoms in total. The van der Waals surface area contributed by atoms with E-state index in [-0.39, 0.29) is 16.0 Å². The van der Waals surface area contributed by atoms with Gasteiger partial charge in [-0.2, -0.15) is 4.31 Å². The van der Waals surface area contributed by atoms with Crippen LogP contribution in [0.2, 0.25) is 0 Å². The molecule has 0 aromatic heterocycles. The molecule has 9 heteroatoms. The van der Waals surface area contributed by atoms with Gasteiger partial charge in [0.2, 0.25) is 10.0 Å². The Bertz CT molecular complexity index is 962. The molecule has 2 N–H and O–H groups in total. The molecule has 0 radical (unpaired) electrons. The molecule has 28 heavy (non-hydrogen) atoms. The van der Waals surface area contributed by atoms with Crippen LogP contribution in [0.4, 0.5) is 0 Å². The first-order chi connectivity index (χ1) is 13.3. The Morgan fingerprint density at radius 1 is 0.786 bits per heavy atom. The third kappa shape index (κ3) is 4.38. The summed E-state index contributed by atoms with van der Waals surface area (Å²) in [6.07, 6.45) is 0. The Labute approximate surface area is 162 Å². The highest BCUT2D eigenvalue weighted by molar-refractivity contribution is 7.89. The normalized spacial score (nSPS) is 16.0. The number of carboxylic acid groups (broad SMARTS) is 2. The summed E-state index contributed by atoms with van der Waals surface area (Å²) in [5, 5.41) is 17.9. The third-order valence-corrected chi connectivity index (χ3v) is 6.59. The van der Waals surface area contributed by atoms with Crippen LogP contribution in [-0.4, -0.2) is 66.0 Å². The SMILES string of the molecule is O=C(O)c1ccc(CN2CCN(S(=O)(=O)c3ccc(C(=O)O)cc3)CC2)cc1. The standard InChI is InChI=1S/C19H20N2O6S/c22-18(23)15-3-1-14(2-4-15)13-20-9-11-21(12-10-20)28(26,27)17-7-5-16(6-8-17)19(24)25/h1-8H,9-13H2,(H,22,23)(H,24,25). The molecule has 148 valence electrons. The van der Waals surface area contributed by atoms with Gasteiger partial charge in [0.1, 0.15) is 0 Å². The molecule has 2 aromatic carbocycles. The second kappa shape index (κ2) is 8.09. The second-order valence-corrected chi connectivity index (χ2v) is 8.45. The van der Waals surface area contributed by atoms with E-state index in [1.165, 1.54) is 28.6 Å². The van der Waals surface area contributed by atoms with Crippen molar-refractivity contribution in [1.82, 2.24) is 9.21 Å². The van der Waals surface area contributed by atoms with Crippen LogP contribution in [0.3, 0.4) is 0 Å². The van der Waals surface area contributed by atoms with E-state index in [1.54, 1.807) is 24.3 Å². The summed E-state index contributed by atoms with van der Waals surface area (Å²) < 4.78 is 26.9. The number of carboxylic acids is 2. The Morgan fingerprint density at radius 3 is 1.71 bits per heavy atom. The molecule has 0 bridgehead atoms. The van der Waals surface area contributed by atoms with Gasteiger partial charge in [0.15, 0.2) is 0 Å². The fraction of sp³-hybridized carbons (Fsp3) is 0.263. The van der Waals surface area contributed by atoms with E-state index in [9.17, 15) is 18.0 Å². The maximum Gasteiger partial charge on any atom is 0.335 e. The highest BCUT2D eigenvalue weighted by atomic mass is 32.2. The average Bonchev–Trinajstić information content (AvgIpc) is 2.69. The second-order valence-electron chi connectivity index (χ2n) is 6.51. The molecule has 1 aliphatic rings. The molecular weight excluding hydrogens is 384 g/mol. The summed E-state index contributed by atoms with van der Waals surface area (Å²) in [5.74, 6) is -2.07. The lowest BCUT2D eigenvalue weighted by molar-refractivity contribution is 0.0686.